The summed E-state index contributed by atoms with van der Waals surface area (Å²) in [6.07, 6.45) is 0.846. The minimum Gasteiger partial charge on any atom is -0.462 e. The Bertz CT molecular complexity index is 482. The van der Waals surface area contributed by atoms with Crippen LogP contribution in [0.1, 0.15) is 0 Å². The van der Waals surface area contributed by atoms with Crippen molar-refractivity contribution in [3.63, 3.8) is 0 Å². The van der Waals surface area contributed by atoms with Crippen LogP contribution in [0.25, 0.3) is 0 Å². The number of nitrogens with one attached hydrogen (secondary N) is 1. The molecule has 1 aliphatic heterocycles. The fourth-order valence-corrected chi connectivity index (χ4v) is 2.60. The van der Waals surface area contributed by atoms with Crippen LogP contribution in [0.3, 0.4) is 0 Å². The molecule has 0 unspecified atom stereocenters. The van der Waals surface area contributed by atoms with Crippen molar-refractivity contribution in [3.05, 3.63) is 41.9 Å². The van der Waals surface area contributed by atoms with Crippen molar-refractivity contribution in [2.45, 2.75) is 19.6 Å². The van der Waals surface area contributed by atoms with Crippen molar-refractivity contribution in [1.29, 1.82) is 0 Å². The fraction of sp³-hybridized carbons (Fsp3) is 0.250. The Hall–Kier alpha value is -1.95. The zero-order valence-corrected chi connectivity index (χ0v) is 11.7. The molecule has 6 heteroatoms. The number of hydrogen-bond acceptors (Lipinski definition) is 3. The lowest BCUT2D eigenvalue weighted by Crippen LogP contribution is -2.48. The molecule has 1 aromatic carbocycles. The third-order valence-electron chi connectivity index (χ3n) is 2.70. The first-order valence-electron chi connectivity index (χ1n) is 5.76. The standard InChI is InChI=1S/C12H17N3O2Si/c1-18(2,3)11-9-14(15(13-11)12(16)17)10-7-5-4-6-8-10/h4-9,13H,1-3H3,(H,16,17). The Morgan fingerprint density at radius 1 is 1.22 bits per heavy atom. The molecule has 0 saturated heterocycles. The van der Waals surface area contributed by atoms with Crippen LogP contribution in [0.15, 0.2) is 41.9 Å². The number of carboxylic acid groups (broad SMARTS) is 1. The number of nitrogens with zero attached hydrogens (tertiary/aromatic N) is 2. The number of amides is 1. The summed E-state index contributed by atoms with van der Waals surface area (Å²) in [5, 5.41) is 13.0. The van der Waals surface area contributed by atoms with Gasteiger partial charge in [0, 0.05) is 11.5 Å². The first kappa shape index (κ1) is 12.5. The van der Waals surface area contributed by atoms with Gasteiger partial charge in [0.05, 0.1) is 5.69 Å². The molecule has 5 nitrogen and oxygen atoms in total. The van der Waals surface area contributed by atoms with E-state index in [0.717, 1.165) is 16.1 Å². The van der Waals surface area contributed by atoms with Crippen molar-refractivity contribution in [2.75, 3.05) is 5.01 Å². The number of anilines is 1. The summed E-state index contributed by atoms with van der Waals surface area (Å²) in [5.74, 6) is 0. The Kier molecular flexibility index (Phi) is 3.04. The number of benzene rings is 1. The number of hydrazine groups is 2. The second kappa shape index (κ2) is 4.38. The lowest BCUT2D eigenvalue weighted by molar-refractivity contribution is 0.134. The molecule has 96 valence electrons. The Labute approximate surface area is 107 Å². The number of hydrogen-bond donors (Lipinski definition) is 2. The summed E-state index contributed by atoms with van der Waals surface area (Å²) in [5.41, 5.74) is 3.78. The van der Waals surface area contributed by atoms with Gasteiger partial charge in [0.15, 0.2) is 0 Å². The van der Waals surface area contributed by atoms with E-state index in [2.05, 4.69) is 25.1 Å². The van der Waals surface area contributed by atoms with Crippen LogP contribution < -0.4 is 10.4 Å². The minimum atomic E-state index is -1.58. The Balaban J connectivity index is 2.36. The van der Waals surface area contributed by atoms with Crippen LogP contribution in [-0.4, -0.2) is 24.4 Å². The monoisotopic (exact) mass is 263 g/mol. The van der Waals surface area contributed by atoms with Crippen LogP contribution in [0.4, 0.5) is 10.5 Å². The maximum Gasteiger partial charge on any atom is 0.446 e. The number of rotatable bonds is 2. The number of para-hydroxylation sites is 1. The van der Waals surface area contributed by atoms with E-state index in [9.17, 15) is 9.90 Å². The van der Waals surface area contributed by atoms with E-state index in [1.54, 1.807) is 5.01 Å². The van der Waals surface area contributed by atoms with Crippen LogP contribution in [0, 0.1) is 0 Å². The van der Waals surface area contributed by atoms with Crippen LogP contribution >= 0.6 is 0 Å². The first-order chi connectivity index (χ1) is 8.39. The fourth-order valence-electron chi connectivity index (χ4n) is 1.65. The molecule has 0 saturated carbocycles. The van der Waals surface area contributed by atoms with E-state index in [4.69, 9.17) is 0 Å². The molecule has 1 aliphatic rings. The molecule has 1 heterocycles. The lowest BCUT2D eigenvalue weighted by atomic mass is 10.3. The van der Waals surface area contributed by atoms with Crippen molar-refractivity contribution in [3.8, 4) is 0 Å². The highest BCUT2D eigenvalue weighted by Gasteiger charge is 2.33. The second-order valence-electron chi connectivity index (χ2n) is 5.18. The second-order valence-corrected chi connectivity index (χ2v) is 10.2. The van der Waals surface area contributed by atoms with E-state index in [1.165, 1.54) is 0 Å². The molecule has 0 aliphatic carbocycles. The largest absolute Gasteiger partial charge is 0.462 e. The van der Waals surface area contributed by atoms with E-state index >= 15 is 0 Å². The molecular weight excluding hydrogens is 246 g/mol. The van der Waals surface area contributed by atoms with Gasteiger partial charge in [-0.25, -0.2) is 9.80 Å². The van der Waals surface area contributed by atoms with E-state index in [0.29, 0.717) is 0 Å². The highest BCUT2D eigenvalue weighted by Crippen LogP contribution is 2.25. The van der Waals surface area contributed by atoms with Gasteiger partial charge in [-0.1, -0.05) is 37.8 Å². The quantitative estimate of drug-likeness (QED) is 0.805. The van der Waals surface area contributed by atoms with Crippen LogP contribution in [-0.2, 0) is 0 Å². The zero-order valence-electron chi connectivity index (χ0n) is 10.7. The van der Waals surface area contributed by atoms with Gasteiger partial charge in [-0.3, -0.25) is 5.43 Å². The van der Waals surface area contributed by atoms with Gasteiger partial charge in [-0.05, 0) is 12.1 Å². The molecule has 0 bridgehead atoms. The lowest BCUT2D eigenvalue weighted by Gasteiger charge is -2.26. The molecule has 0 atom stereocenters. The highest BCUT2D eigenvalue weighted by molar-refractivity contribution is 6.83. The predicted octanol–water partition coefficient (Wildman–Crippen LogP) is 2.62. The summed E-state index contributed by atoms with van der Waals surface area (Å²) in [6, 6.07) is 9.43. The summed E-state index contributed by atoms with van der Waals surface area (Å²) >= 11 is 0. The molecule has 0 fully saturated rings. The molecule has 1 amide bonds. The third-order valence-corrected chi connectivity index (χ3v) is 4.56. The summed E-state index contributed by atoms with van der Waals surface area (Å²) < 4.78 is 0. The third kappa shape index (κ3) is 2.33. The van der Waals surface area contributed by atoms with Gasteiger partial charge in [0.2, 0.25) is 0 Å². The summed E-state index contributed by atoms with van der Waals surface area (Å²) in [4.78, 5) is 11.3. The topological polar surface area (TPSA) is 55.8 Å². The predicted molar refractivity (Wildman–Crippen MR) is 73.3 cm³/mol. The molecule has 2 N–H and O–H groups in total. The molecule has 2 rings (SSSR count). The van der Waals surface area contributed by atoms with Gasteiger partial charge in [-0.2, -0.15) is 0 Å². The normalized spacial score (nSPS) is 15.4. The van der Waals surface area contributed by atoms with E-state index in [1.807, 2.05) is 36.5 Å². The average molecular weight is 263 g/mol. The van der Waals surface area contributed by atoms with Gasteiger partial charge >= 0.3 is 6.09 Å². The maximum absolute atomic E-state index is 11.3. The van der Waals surface area contributed by atoms with E-state index in [-0.39, 0.29) is 0 Å². The van der Waals surface area contributed by atoms with Crippen LogP contribution in [0.2, 0.25) is 19.6 Å². The van der Waals surface area contributed by atoms with Crippen LogP contribution in [0.5, 0.6) is 0 Å². The van der Waals surface area contributed by atoms with Gasteiger partial charge < -0.3 is 5.11 Å². The van der Waals surface area contributed by atoms with Gasteiger partial charge in [0.25, 0.3) is 0 Å². The summed E-state index contributed by atoms with van der Waals surface area (Å²) in [7, 11) is -1.58. The zero-order chi connectivity index (χ0) is 13.3. The SMILES string of the molecule is C[Si](C)(C)C1=CN(c2ccccc2)N(C(=O)O)N1. The molecule has 0 radical (unpaired) electrons. The van der Waals surface area contributed by atoms with Crippen molar-refractivity contribution >= 4 is 19.9 Å². The van der Waals surface area contributed by atoms with Crippen molar-refractivity contribution in [1.82, 2.24) is 10.5 Å². The molecule has 18 heavy (non-hydrogen) atoms. The molecular formula is C12H17N3O2Si. The molecule has 1 aromatic rings. The van der Waals surface area contributed by atoms with Gasteiger partial charge in [-0.15, -0.1) is 5.12 Å². The number of carbonyl (C=O) groups is 1. The van der Waals surface area contributed by atoms with Crippen molar-refractivity contribution in [2.24, 2.45) is 0 Å². The first-order valence-corrected chi connectivity index (χ1v) is 9.26. The Morgan fingerprint density at radius 3 is 2.33 bits per heavy atom. The average Bonchev–Trinajstić information content (AvgIpc) is 2.74. The highest BCUT2D eigenvalue weighted by atomic mass is 28.3. The summed E-state index contributed by atoms with van der Waals surface area (Å²) in [6.45, 7) is 6.50. The van der Waals surface area contributed by atoms with E-state index < -0.39 is 14.2 Å². The maximum atomic E-state index is 11.3. The Morgan fingerprint density at radius 2 is 1.83 bits per heavy atom. The minimum absolute atomic E-state index is 0.820. The van der Waals surface area contributed by atoms with Crippen molar-refractivity contribution < 1.29 is 9.90 Å². The van der Waals surface area contributed by atoms with Gasteiger partial charge in [0.1, 0.15) is 8.07 Å². The molecule has 0 spiro atoms. The smallest absolute Gasteiger partial charge is 0.446 e. The molecule has 0 aromatic heterocycles.